The molecule has 0 unspecified atom stereocenters. The largest absolute Gasteiger partial charge is 0.478 e. The van der Waals surface area contributed by atoms with Crippen molar-refractivity contribution in [2.45, 2.75) is 116 Å². The van der Waals surface area contributed by atoms with Gasteiger partial charge in [0.1, 0.15) is 5.75 Å². The molecule has 0 aromatic heterocycles. The summed E-state index contributed by atoms with van der Waals surface area (Å²) in [6.07, 6.45) is 21.5. The Morgan fingerprint density at radius 2 is 1.19 bits per heavy atom. The van der Waals surface area contributed by atoms with Crippen LogP contribution in [-0.4, -0.2) is 17.0 Å². The van der Waals surface area contributed by atoms with Crippen molar-refractivity contribution in [3.8, 4) is 5.75 Å². The van der Waals surface area contributed by atoms with Crippen LogP contribution < -0.4 is 10.5 Å². The molecule has 5 heteroatoms. The zero-order valence-corrected chi connectivity index (χ0v) is 22.8. The van der Waals surface area contributed by atoms with Crippen LogP contribution in [0.3, 0.4) is 0 Å². The lowest BCUT2D eigenvalue weighted by atomic mass is 9.99. The number of esters is 1. The predicted octanol–water partition coefficient (Wildman–Crippen LogP) is 8.99. The van der Waals surface area contributed by atoms with Crippen LogP contribution in [0.5, 0.6) is 5.75 Å². The number of carboxylic acids is 1. The van der Waals surface area contributed by atoms with E-state index in [0.717, 1.165) is 12.8 Å². The standard InChI is InChI=1S/C32H47NO4/c1-2-3-4-5-6-7-8-9-10-11-12-13-14-15-16-17-18-27-25-29(23-24-30(27)31(34)35)37-32(36)26-19-21-28(33)22-20-26/h19-25H,2-18,33H2,1H3,(H,34,35). The van der Waals surface area contributed by atoms with Gasteiger partial charge in [0, 0.05) is 5.69 Å². The molecule has 0 bridgehead atoms. The van der Waals surface area contributed by atoms with Gasteiger partial charge in [-0.2, -0.15) is 0 Å². The SMILES string of the molecule is CCCCCCCCCCCCCCCCCCc1cc(OC(=O)c2ccc(N)cc2)ccc1C(=O)O. The summed E-state index contributed by atoms with van der Waals surface area (Å²) in [5.41, 5.74) is 7.62. The minimum absolute atomic E-state index is 0.272. The van der Waals surface area contributed by atoms with Crippen LogP contribution in [0.2, 0.25) is 0 Å². The van der Waals surface area contributed by atoms with Crippen LogP contribution in [0.1, 0.15) is 136 Å². The van der Waals surface area contributed by atoms with E-state index >= 15 is 0 Å². The summed E-state index contributed by atoms with van der Waals surface area (Å²) < 4.78 is 5.48. The van der Waals surface area contributed by atoms with Crippen molar-refractivity contribution in [3.63, 3.8) is 0 Å². The van der Waals surface area contributed by atoms with E-state index in [2.05, 4.69) is 6.92 Å². The molecule has 3 N–H and O–H groups in total. The van der Waals surface area contributed by atoms with E-state index in [1.54, 1.807) is 30.3 Å². The van der Waals surface area contributed by atoms with E-state index in [0.29, 0.717) is 29.0 Å². The molecule has 2 aromatic carbocycles. The molecule has 2 rings (SSSR count). The number of ether oxygens (including phenoxy) is 1. The van der Waals surface area contributed by atoms with Gasteiger partial charge in [-0.05, 0) is 60.9 Å². The average Bonchev–Trinajstić information content (AvgIpc) is 2.88. The summed E-state index contributed by atoms with van der Waals surface area (Å²) in [4.78, 5) is 24.1. The highest BCUT2D eigenvalue weighted by atomic mass is 16.5. The Morgan fingerprint density at radius 3 is 1.68 bits per heavy atom. The molecule has 5 nitrogen and oxygen atoms in total. The molecule has 204 valence electrons. The van der Waals surface area contributed by atoms with Crippen LogP contribution >= 0.6 is 0 Å². The number of hydrogen-bond acceptors (Lipinski definition) is 4. The van der Waals surface area contributed by atoms with E-state index < -0.39 is 11.9 Å². The first-order valence-electron chi connectivity index (χ1n) is 14.4. The molecule has 0 aliphatic heterocycles. The average molecular weight is 510 g/mol. The van der Waals surface area contributed by atoms with Gasteiger partial charge in [0.15, 0.2) is 0 Å². The topological polar surface area (TPSA) is 89.6 Å². The zero-order chi connectivity index (χ0) is 26.7. The fourth-order valence-corrected chi connectivity index (χ4v) is 4.70. The van der Waals surface area contributed by atoms with Crippen LogP contribution in [-0.2, 0) is 6.42 Å². The maximum atomic E-state index is 12.4. The summed E-state index contributed by atoms with van der Waals surface area (Å²) in [7, 11) is 0. The number of anilines is 1. The second-order valence-electron chi connectivity index (χ2n) is 10.2. The van der Waals surface area contributed by atoms with Crippen molar-refractivity contribution in [2.75, 3.05) is 5.73 Å². The minimum Gasteiger partial charge on any atom is -0.478 e. The summed E-state index contributed by atoms with van der Waals surface area (Å²) >= 11 is 0. The summed E-state index contributed by atoms with van der Waals surface area (Å²) in [6, 6.07) is 11.3. The number of benzene rings is 2. The maximum Gasteiger partial charge on any atom is 0.343 e. The Hall–Kier alpha value is -2.82. The monoisotopic (exact) mass is 509 g/mol. The third-order valence-electron chi connectivity index (χ3n) is 6.96. The molecule has 0 aliphatic rings. The number of carbonyl (C=O) groups excluding carboxylic acids is 1. The maximum absolute atomic E-state index is 12.4. The number of nitrogens with two attached hydrogens (primary N) is 1. The van der Waals surface area contributed by atoms with Gasteiger partial charge in [-0.25, -0.2) is 9.59 Å². The van der Waals surface area contributed by atoms with Gasteiger partial charge in [-0.1, -0.05) is 103 Å². The number of aromatic carboxylic acids is 1. The molecule has 0 atom stereocenters. The molecule has 0 fully saturated rings. The van der Waals surface area contributed by atoms with E-state index in [1.165, 1.54) is 102 Å². The second kappa shape index (κ2) is 18.4. The number of carboxylic acid groups (broad SMARTS) is 1. The van der Waals surface area contributed by atoms with Crippen molar-refractivity contribution >= 4 is 17.6 Å². The predicted molar refractivity (Wildman–Crippen MR) is 152 cm³/mol. The number of carbonyl (C=O) groups is 2. The number of hydrogen-bond donors (Lipinski definition) is 2. The van der Waals surface area contributed by atoms with E-state index in [1.807, 2.05) is 0 Å². The van der Waals surface area contributed by atoms with Crippen molar-refractivity contribution in [2.24, 2.45) is 0 Å². The highest BCUT2D eigenvalue weighted by Crippen LogP contribution is 2.22. The van der Waals surface area contributed by atoms with Crippen molar-refractivity contribution in [3.05, 3.63) is 59.2 Å². The lowest BCUT2D eigenvalue weighted by molar-refractivity contribution is 0.0695. The van der Waals surface area contributed by atoms with Crippen LogP contribution in [0.15, 0.2) is 42.5 Å². The molecular formula is C32H47NO4. The van der Waals surface area contributed by atoms with Crippen molar-refractivity contribution in [1.82, 2.24) is 0 Å². The Labute approximate surface area is 223 Å². The Kier molecular flexibility index (Phi) is 15.1. The molecule has 0 aliphatic carbocycles. The van der Waals surface area contributed by atoms with Gasteiger partial charge in [0.2, 0.25) is 0 Å². The van der Waals surface area contributed by atoms with Crippen molar-refractivity contribution in [1.29, 1.82) is 0 Å². The third-order valence-corrected chi connectivity index (χ3v) is 6.96. The molecule has 0 saturated heterocycles. The van der Waals surface area contributed by atoms with Crippen LogP contribution in [0.25, 0.3) is 0 Å². The van der Waals surface area contributed by atoms with E-state index in [4.69, 9.17) is 10.5 Å². The second-order valence-corrected chi connectivity index (χ2v) is 10.2. The Morgan fingerprint density at radius 1 is 0.703 bits per heavy atom. The summed E-state index contributed by atoms with van der Waals surface area (Å²) in [6.45, 7) is 2.27. The van der Waals surface area contributed by atoms with Gasteiger partial charge in [-0.3, -0.25) is 0 Å². The van der Waals surface area contributed by atoms with Gasteiger partial charge in [0.25, 0.3) is 0 Å². The molecule has 37 heavy (non-hydrogen) atoms. The summed E-state index contributed by atoms with van der Waals surface area (Å²) in [5.74, 6) is -1.09. The van der Waals surface area contributed by atoms with Gasteiger partial charge >= 0.3 is 11.9 Å². The molecule has 0 spiro atoms. The number of unbranched alkanes of at least 4 members (excludes halogenated alkanes) is 15. The van der Waals surface area contributed by atoms with Crippen LogP contribution in [0, 0.1) is 0 Å². The van der Waals surface area contributed by atoms with Gasteiger partial charge in [0.05, 0.1) is 11.1 Å². The fourth-order valence-electron chi connectivity index (χ4n) is 4.70. The molecule has 0 amide bonds. The number of nitrogen functional groups attached to an aromatic ring is 1. The number of aryl methyl sites for hydroxylation is 1. The molecule has 2 aromatic rings. The van der Waals surface area contributed by atoms with Crippen LogP contribution in [0.4, 0.5) is 5.69 Å². The fraction of sp³-hybridized carbons (Fsp3) is 0.562. The third kappa shape index (κ3) is 12.8. The van der Waals surface area contributed by atoms with E-state index in [-0.39, 0.29) is 5.56 Å². The first-order chi connectivity index (χ1) is 18.0. The van der Waals surface area contributed by atoms with Gasteiger partial charge < -0.3 is 15.6 Å². The summed E-state index contributed by atoms with van der Waals surface area (Å²) in [5, 5.41) is 9.56. The molecule has 0 heterocycles. The minimum atomic E-state index is -0.956. The van der Waals surface area contributed by atoms with Gasteiger partial charge in [-0.15, -0.1) is 0 Å². The normalized spacial score (nSPS) is 10.9. The Balaban J connectivity index is 1.61. The quantitative estimate of drug-likeness (QED) is 0.0804. The lowest BCUT2D eigenvalue weighted by Gasteiger charge is -2.10. The Bertz CT molecular complexity index is 923. The first kappa shape index (κ1) is 30.4. The van der Waals surface area contributed by atoms with E-state index in [9.17, 15) is 14.7 Å². The first-order valence-corrected chi connectivity index (χ1v) is 14.4. The highest BCUT2D eigenvalue weighted by Gasteiger charge is 2.14. The number of rotatable bonds is 20. The zero-order valence-electron chi connectivity index (χ0n) is 22.8. The highest BCUT2D eigenvalue weighted by molar-refractivity contribution is 5.92. The van der Waals surface area contributed by atoms with Crippen molar-refractivity contribution < 1.29 is 19.4 Å². The molecular weight excluding hydrogens is 462 g/mol. The molecule has 0 saturated carbocycles. The smallest absolute Gasteiger partial charge is 0.343 e. The molecule has 0 radical (unpaired) electrons. The lowest BCUT2D eigenvalue weighted by Crippen LogP contribution is -2.10.